The first-order chi connectivity index (χ1) is 11.9. The van der Waals surface area contributed by atoms with Crippen LogP contribution in [0.25, 0.3) is 0 Å². The second-order valence-electron chi connectivity index (χ2n) is 7.19. The molecule has 2 atom stereocenters. The van der Waals surface area contributed by atoms with Crippen LogP contribution >= 0.6 is 0 Å². The first-order valence-corrected chi connectivity index (χ1v) is 8.45. The van der Waals surface area contributed by atoms with Crippen molar-refractivity contribution in [1.82, 2.24) is 0 Å². The number of fused-ring (bicyclic) bond motifs is 3. The van der Waals surface area contributed by atoms with Crippen LogP contribution < -0.4 is 32.4 Å². The van der Waals surface area contributed by atoms with Crippen molar-refractivity contribution in [2.45, 2.75) is 36.4 Å². The maximum Gasteiger partial charge on any atom is 0.141 e. The van der Waals surface area contributed by atoms with Crippen LogP contribution in [0.5, 0.6) is 11.5 Å². The minimum absolute atomic E-state index is 0.177. The fourth-order valence-corrected chi connectivity index (χ4v) is 4.40. The van der Waals surface area contributed by atoms with E-state index in [1.54, 1.807) is 7.11 Å². The van der Waals surface area contributed by atoms with Crippen molar-refractivity contribution in [1.29, 1.82) is 0 Å². The summed E-state index contributed by atoms with van der Waals surface area (Å²) in [4.78, 5) is 0. The third kappa shape index (κ3) is 2.25. The molecule has 0 spiro atoms. The lowest BCUT2D eigenvalue weighted by Crippen LogP contribution is -2.60. The average Bonchev–Trinajstić information content (AvgIpc) is 2.89. The van der Waals surface area contributed by atoms with Crippen molar-refractivity contribution >= 4 is 11.4 Å². The minimum Gasteiger partial charge on any atom is -0.495 e. The molecule has 132 valence electrons. The molecule has 0 amide bonds. The zero-order valence-corrected chi connectivity index (χ0v) is 14.3. The minimum atomic E-state index is -0.747. The average molecular weight is 340 g/mol. The molecular formula is C19H24N4O2. The van der Waals surface area contributed by atoms with Crippen LogP contribution in [0.4, 0.5) is 11.4 Å². The van der Waals surface area contributed by atoms with Crippen LogP contribution in [0.2, 0.25) is 0 Å². The van der Waals surface area contributed by atoms with E-state index in [0.717, 1.165) is 29.0 Å². The van der Waals surface area contributed by atoms with Gasteiger partial charge in [-0.05, 0) is 42.7 Å². The summed E-state index contributed by atoms with van der Waals surface area (Å²) in [6.07, 6.45) is 1.79. The summed E-state index contributed by atoms with van der Waals surface area (Å²) in [6.45, 7) is 0. The number of anilines is 2. The molecule has 6 nitrogen and oxygen atoms in total. The lowest BCUT2D eigenvalue weighted by molar-refractivity contribution is 0.0794. The Balaban J connectivity index is 1.93. The normalized spacial score (nSPS) is 26.4. The molecule has 0 bridgehead atoms. The van der Waals surface area contributed by atoms with Gasteiger partial charge in [0.25, 0.3) is 0 Å². The van der Waals surface area contributed by atoms with Crippen molar-refractivity contribution < 1.29 is 9.47 Å². The molecule has 1 fully saturated rings. The zero-order chi connectivity index (χ0) is 17.8. The summed E-state index contributed by atoms with van der Waals surface area (Å²) < 4.78 is 11.6. The Morgan fingerprint density at radius 2 is 1.88 bits per heavy atom. The second-order valence-corrected chi connectivity index (χ2v) is 7.19. The standard InChI is InChI=1S/C19H24N4O2/c1-24-14-6-5-11(9-13(14)21)19-8-7-18(22,23)10-16(19)25-15-4-2-3-12(20)17(15)19/h2-6,9,16H,7-8,10,20-23H2,1H3. The molecule has 25 heavy (non-hydrogen) atoms. The van der Waals surface area contributed by atoms with Gasteiger partial charge >= 0.3 is 0 Å². The topological polar surface area (TPSA) is 123 Å². The molecule has 2 aromatic rings. The van der Waals surface area contributed by atoms with Gasteiger partial charge in [0, 0.05) is 17.7 Å². The molecule has 0 saturated heterocycles. The number of methoxy groups -OCH3 is 1. The van der Waals surface area contributed by atoms with E-state index in [4.69, 9.17) is 32.4 Å². The third-order valence-corrected chi connectivity index (χ3v) is 5.62. The predicted molar refractivity (Wildman–Crippen MR) is 98.4 cm³/mol. The molecule has 0 aromatic heterocycles. The van der Waals surface area contributed by atoms with E-state index in [9.17, 15) is 0 Å². The van der Waals surface area contributed by atoms with Gasteiger partial charge in [-0.1, -0.05) is 12.1 Å². The fourth-order valence-electron chi connectivity index (χ4n) is 4.40. The smallest absolute Gasteiger partial charge is 0.141 e. The van der Waals surface area contributed by atoms with E-state index in [2.05, 4.69) is 0 Å². The molecule has 1 saturated carbocycles. The van der Waals surface area contributed by atoms with Gasteiger partial charge in [-0.15, -0.1) is 0 Å². The molecule has 6 heteroatoms. The zero-order valence-electron chi connectivity index (χ0n) is 14.3. The van der Waals surface area contributed by atoms with Crippen molar-refractivity contribution in [3.63, 3.8) is 0 Å². The predicted octanol–water partition coefficient (Wildman–Crippen LogP) is 1.70. The van der Waals surface area contributed by atoms with E-state index in [1.807, 2.05) is 36.4 Å². The van der Waals surface area contributed by atoms with E-state index >= 15 is 0 Å². The third-order valence-electron chi connectivity index (χ3n) is 5.62. The van der Waals surface area contributed by atoms with E-state index in [-0.39, 0.29) is 6.10 Å². The summed E-state index contributed by atoms with van der Waals surface area (Å²) >= 11 is 0. The van der Waals surface area contributed by atoms with Gasteiger partial charge in [-0.25, -0.2) is 0 Å². The van der Waals surface area contributed by atoms with Gasteiger partial charge in [0.1, 0.15) is 17.6 Å². The Morgan fingerprint density at radius 3 is 2.60 bits per heavy atom. The highest BCUT2D eigenvalue weighted by Crippen LogP contribution is 2.57. The van der Waals surface area contributed by atoms with Gasteiger partial charge in [0.2, 0.25) is 0 Å². The molecule has 4 rings (SSSR count). The summed E-state index contributed by atoms with van der Waals surface area (Å²) in [5.74, 6) is 1.46. The lowest BCUT2D eigenvalue weighted by atomic mass is 9.62. The van der Waals surface area contributed by atoms with Crippen molar-refractivity contribution in [2.75, 3.05) is 18.6 Å². The van der Waals surface area contributed by atoms with Gasteiger partial charge in [0.15, 0.2) is 0 Å². The van der Waals surface area contributed by atoms with E-state index in [1.165, 1.54) is 0 Å². The highest BCUT2D eigenvalue weighted by Gasteiger charge is 2.56. The Morgan fingerprint density at radius 1 is 1.08 bits per heavy atom. The molecule has 2 unspecified atom stereocenters. The maximum atomic E-state index is 6.36. The number of nitrogens with two attached hydrogens (primary N) is 4. The van der Waals surface area contributed by atoms with Crippen LogP contribution in [0.1, 0.15) is 30.4 Å². The summed E-state index contributed by atoms with van der Waals surface area (Å²) in [5, 5.41) is 0. The molecular weight excluding hydrogens is 316 g/mol. The summed E-state index contributed by atoms with van der Waals surface area (Å²) in [7, 11) is 1.61. The molecule has 0 radical (unpaired) electrons. The Labute approximate surface area is 147 Å². The first-order valence-electron chi connectivity index (χ1n) is 8.45. The van der Waals surface area contributed by atoms with Gasteiger partial charge in [0.05, 0.1) is 23.9 Å². The molecule has 2 aromatic carbocycles. The van der Waals surface area contributed by atoms with E-state index < -0.39 is 11.1 Å². The first kappa shape index (κ1) is 16.1. The number of hydrogen-bond donors (Lipinski definition) is 4. The highest BCUT2D eigenvalue weighted by atomic mass is 16.5. The number of hydrogen-bond acceptors (Lipinski definition) is 6. The van der Waals surface area contributed by atoms with E-state index in [0.29, 0.717) is 24.3 Å². The Bertz CT molecular complexity index is 836. The monoisotopic (exact) mass is 340 g/mol. The van der Waals surface area contributed by atoms with Crippen LogP contribution in [0.3, 0.4) is 0 Å². The SMILES string of the molecule is COc1ccc(C23CCC(N)(N)CC2Oc2cccc(N)c23)cc1N. The molecule has 8 N–H and O–H groups in total. The lowest BCUT2D eigenvalue weighted by Gasteiger charge is -2.45. The highest BCUT2D eigenvalue weighted by molar-refractivity contribution is 5.67. The Hall–Kier alpha value is -2.44. The molecule has 1 aliphatic heterocycles. The van der Waals surface area contributed by atoms with Crippen molar-refractivity contribution in [3.8, 4) is 11.5 Å². The molecule has 1 aliphatic carbocycles. The van der Waals surface area contributed by atoms with Crippen LogP contribution in [-0.2, 0) is 5.41 Å². The number of benzene rings is 2. The van der Waals surface area contributed by atoms with Crippen LogP contribution in [0, 0.1) is 0 Å². The number of rotatable bonds is 2. The van der Waals surface area contributed by atoms with Crippen molar-refractivity contribution in [3.05, 3.63) is 47.5 Å². The fraction of sp³-hybridized carbons (Fsp3) is 0.368. The van der Waals surface area contributed by atoms with Crippen molar-refractivity contribution in [2.24, 2.45) is 11.5 Å². The van der Waals surface area contributed by atoms with Crippen LogP contribution in [0.15, 0.2) is 36.4 Å². The molecule has 2 aliphatic rings. The van der Waals surface area contributed by atoms with Gasteiger partial charge in [-0.3, -0.25) is 0 Å². The van der Waals surface area contributed by atoms with Gasteiger partial charge < -0.3 is 32.4 Å². The second kappa shape index (κ2) is 5.28. The molecule has 1 heterocycles. The van der Waals surface area contributed by atoms with Gasteiger partial charge in [-0.2, -0.15) is 0 Å². The summed E-state index contributed by atoms with van der Waals surface area (Å²) in [5.41, 5.74) is 27.3. The Kier molecular flexibility index (Phi) is 3.39. The number of nitrogen functional groups attached to an aromatic ring is 2. The quantitative estimate of drug-likeness (QED) is 0.487. The number of ether oxygens (including phenoxy) is 2. The van der Waals surface area contributed by atoms with Crippen LogP contribution in [-0.4, -0.2) is 18.9 Å². The maximum absolute atomic E-state index is 6.36. The summed E-state index contributed by atoms with van der Waals surface area (Å²) in [6, 6.07) is 11.6. The largest absolute Gasteiger partial charge is 0.495 e.